The number of anilines is 1. The quantitative estimate of drug-likeness (QED) is 0.837. The molecule has 2 aliphatic rings. The Hall–Kier alpha value is -1.43. The number of aryl methyl sites for hydroxylation is 2. The molecule has 3 heterocycles. The lowest BCUT2D eigenvalue weighted by Gasteiger charge is -2.20. The Morgan fingerprint density at radius 1 is 1.19 bits per heavy atom. The molecule has 1 aliphatic carbocycles. The van der Waals surface area contributed by atoms with Gasteiger partial charge in [-0.3, -0.25) is 4.68 Å². The molecule has 1 saturated heterocycles. The van der Waals surface area contributed by atoms with Crippen molar-refractivity contribution in [3.05, 3.63) is 34.2 Å². The van der Waals surface area contributed by atoms with Gasteiger partial charge in [0.05, 0.1) is 22.4 Å². The Bertz CT molecular complexity index is 653. The number of hydrogen-bond donors (Lipinski definition) is 0. The molecule has 4 rings (SSSR count). The summed E-state index contributed by atoms with van der Waals surface area (Å²) in [4.78, 5) is 2.34. The lowest BCUT2D eigenvalue weighted by Crippen LogP contribution is -2.23. The molecule has 0 radical (unpaired) electrons. The fourth-order valence-corrected chi connectivity index (χ4v) is 3.61. The first-order valence-electron chi connectivity index (χ1n) is 7.60. The Labute approximate surface area is 132 Å². The van der Waals surface area contributed by atoms with Gasteiger partial charge in [0.15, 0.2) is 5.82 Å². The van der Waals surface area contributed by atoms with Gasteiger partial charge >= 0.3 is 0 Å². The van der Waals surface area contributed by atoms with Gasteiger partial charge in [0.1, 0.15) is 0 Å². The molecule has 0 saturated carbocycles. The van der Waals surface area contributed by atoms with Gasteiger partial charge in [-0.25, -0.2) is 0 Å². The molecule has 1 aliphatic heterocycles. The van der Waals surface area contributed by atoms with Gasteiger partial charge in [-0.05, 0) is 59.7 Å². The van der Waals surface area contributed by atoms with E-state index in [1.165, 1.54) is 24.1 Å². The van der Waals surface area contributed by atoms with Crippen molar-refractivity contribution < 1.29 is 0 Å². The lowest BCUT2D eigenvalue weighted by molar-refractivity contribution is 0.494. The van der Waals surface area contributed by atoms with Crippen LogP contribution in [0.3, 0.4) is 0 Å². The molecule has 6 heteroatoms. The number of aromatic nitrogens is 4. The Morgan fingerprint density at radius 2 is 2.10 bits per heavy atom. The van der Waals surface area contributed by atoms with E-state index >= 15 is 0 Å². The fourth-order valence-electron chi connectivity index (χ4n) is 3.31. The Balaban J connectivity index is 1.52. The van der Waals surface area contributed by atoms with Crippen molar-refractivity contribution in [2.24, 2.45) is 0 Å². The summed E-state index contributed by atoms with van der Waals surface area (Å²) in [5.74, 6) is 1.03. The second-order valence-corrected chi connectivity index (χ2v) is 6.82. The number of hydrogen-bond acceptors (Lipinski definition) is 4. The van der Waals surface area contributed by atoms with E-state index in [0.29, 0.717) is 6.04 Å². The smallest absolute Gasteiger partial charge is 0.151 e. The average Bonchev–Trinajstić information content (AvgIpc) is 3.15. The first kappa shape index (κ1) is 13.2. The van der Waals surface area contributed by atoms with Crippen molar-refractivity contribution >= 4 is 21.7 Å². The summed E-state index contributed by atoms with van der Waals surface area (Å²) < 4.78 is 3.09. The minimum atomic E-state index is 0.425. The highest BCUT2D eigenvalue weighted by Gasteiger charge is 2.26. The topological polar surface area (TPSA) is 46.8 Å². The van der Waals surface area contributed by atoms with Gasteiger partial charge in [0, 0.05) is 19.3 Å². The second-order valence-electron chi connectivity index (χ2n) is 5.91. The standard InChI is InChI=1S/C15H18BrN5/c16-12-8-17-21(9-12)13-5-6-20(10-13)15-7-11-3-1-2-4-14(11)18-19-15/h7-9,13H,1-6,10H2. The van der Waals surface area contributed by atoms with Crippen LogP contribution in [0.2, 0.25) is 0 Å². The van der Waals surface area contributed by atoms with E-state index in [4.69, 9.17) is 0 Å². The largest absolute Gasteiger partial charge is 0.353 e. The molecule has 2 aromatic rings. The van der Waals surface area contributed by atoms with Crippen molar-refractivity contribution in [1.82, 2.24) is 20.0 Å². The Kier molecular flexibility index (Phi) is 3.41. The van der Waals surface area contributed by atoms with Crippen molar-refractivity contribution in [3.63, 3.8) is 0 Å². The average molecular weight is 348 g/mol. The van der Waals surface area contributed by atoms with E-state index in [9.17, 15) is 0 Å². The summed E-state index contributed by atoms with van der Waals surface area (Å²) in [5, 5.41) is 13.3. The van der Waals surface area contributed by atoms with Crippen LogP contribution >= 0.6 is 15.9 Å². The fraction of sp³-hybridized carbons (Fsp3) is 0.533. The number of halogens is 1. The normalized spacial score (nSPS) is 21.6. The molecule has 0 amide bonds. The highest BCUT2D eigenvalue weighted by molar-refractivity contribution is 9.10. The van der Waals surface area contributed by atoms with Crippen LogP contribution < -0.4 is 4.90 Å². The molecule has 1 fully saturated rings. The first-order valence-corrected chi connectivity index (χ1v) is 8.39. The lowest BCUT2D eigenvalue weighted by atomic mass is 9.97. The SMILES string of the molecule is Brc1cnn(C2CCN(c3cc4c(nn3)CCCC4)C2)c1. The van der Waals surface area contributed by atoms with Crippen molar-refractivity contribution in [2.45, 2.75) is 38.1 Å². The van der Waals surface area contributed by atoms with E-state index in [-0.39, 0.29) is 0 Å². The number of nitrogens with zero attached hydrogens (tertiary/aromatic N) is 5. The minimum Gasteiger partial charge on any atom is -0.353 e. The predicted molar refractivity (Wildman–Crippen MR) is 84.5 cm³/mol. The molecule has 0 spiro atoms. The van der Waals surface area contributed by atoms with Gasteiger partial charge in [-0.1, -0.05) is 0 Å². The van der Waals surface area contributed by atoms with Gasteiger partial charge in [0.2, 0.25) is 0 Å². The summed E-state index contributed by atoms with van der Waals surface area (Å²) in [6.45, 7) is 1.98. The van der Waals surface area contributed by atoms with Crippen molar-refractivity contribution in [1.29, 1.82) is 0 Å². The zero-order valence-electron chi connectivity index (χ0n) is 11.9. The van der Waals surface area contributed by atoms with Crippen molar-refractivity contribution in [2.75, 3.05) is 18.0 Å². The molecule has 0 aromatic carbocycles. The highest BCUT2D eigenvalue weighted by Crippen LogP contribution is 2.28. The van der Waals surface area contributed by atoms with Gasteiger partial charge in [-0.2, -0.15) is 10.2 Å². The van der Waals surface area contributed by atoms with E-state index in [1.807, 2.05) is 12.4 Å². The molecular weight excluding hydrogens is 330 g/mol. The minimum absolute atomic E-state index is 0.425. The third-order valence-corrected chi connectivity index (χ3v) is 4.90. The predicted octanol–water partition coefficient (Wildman–Crippen LogP) is 2.77. The zero-order valence-corrected chi connectivity index (χ0v) is 13.5. The van der Waals surface area contributed by atoms with Crippen LogP contribution in [0.1, 0.15) is 36.6 Å². The first-order chi connectivity index (χ1) is 10.3. The molecule has 1 unspecified atom stereocenters. The molecule has 110 valence electrons. The van der Waals surface area contributed by atoms with Gasteiger partial charge < -0.3 is 4.90 Å². The van der Waals surface area contributed by atoms with E-state index < -0.39 is 0 Å². The maximum atomic E-state index is 4.44. The molecule has 0 N–H and O–H groups in total. The van der Waals surface area contributed by atoms with Crippen LogP contribution in [0.15, 0.2) is 22.9 Å². The van der Waals surface area contributed by atoms with Crippen LogP contribution in [0.5, 0.6) is 0 Å². The monoisotopic (exact) mass is 347 g/mol. The van der Waals surface area contributed by atoms with Crippen LogP contribution in [0.25, 0.3) is 0 Å². The third-order valence-electron chi connectivity index (χ3n) is 4.49. The molecule has 1 atom stereocenters. The summed E-state index contributed by atoms with van der Waals surface area (Å²) in [6.07, 6.45) is 9.78. The van der Waals surface area contributed by atoms with Crippen LogP contribution in [-0.4, -0.2) is 33.1 Å². The van der Waals surface area contributed by atoms with Crippen LogP contribution in [0, 0.1) is 0 Å². The molecule has 21 heavy (non-hydrogen) atoms. The van der Waals surface area contributed by atoms with Crippen LogP contribution in [-0.2, 0) is 12.8 Å². The zero-order chi connectivity index (χ0) is 14.2. The molecule has 2 aromatic heterocycles. The van der Waals surface area contributed by atoms with E-state index in [0.717, 1.165) is 42.6 Å². The second kappa shape index (κ2) is 5.40. The maximum absolute atomic E-state index is 4.44. The molecule has 5 nitrogen and oxygen atoms in total. The van der Waals surface area contributed by atoms with Gasteiger partial charge in [-0.15, -0.1) is 5.10 Å². The molecular formula is C15H18BrN5. The number of fused-ring (bicyclic) bond motifs is 1. The summed E-state index contributed by atoms with van der Waals surface area (Å²) >= 11 is 3.46. The van der Waals surface area contributed by atoms with Crippen molar-refractivity contribution in [3.8, 4) is 0 Å². The van der Waals surface area contributed by atoms with Gasteiger partial charge in [0.25, 0.3) is 0 Å². The summed E-state index contributed by atoms with van der Waals surface area (Å²) in [6, 6.07) is 2.68. The number of rotatable bonds is 2. The molecule has 0 bridgehead atoms. The summed E-state index contributed by atoms with van der Waals surface area (Å²) in [7, 11) is 0. The highest BCUT2D eigenvalue weighted by atomic mass is 79.9. The summed E-state index contributed by atoms with van der Waals surface area (Å²) in [5.41, 5.74) is 2.60. The Morgan fingerprint density at radius 3 is 2.95 bits per heavy atom. The van der Waals surface area contributed by atoms with Crippen LogP contribution in [0.4, 0.5) is 5.82 Å². The van der Waals surface area contributed by atoms with E-state index in [2.05, 4.69) is 46.9 Å². The third kappa shape index (κ3) is 2.57. The van der Waals surface area contributed by atoms with E-state index in [1.54, 1.807) is 0 Å². The maximum Gasteiger partial charge on any atom is 0.151 e.